The van der Waals surface area contributed by atoms with E-state index < -0.39 is 0 Å². The molecule has 0 saturated heterocycles. The number of aryl methyl sites for hydroxylation is 1. The van der Waals surface area contributed by atoms with Gasteiger partial charge in [0.15, 0.2) is 5.11 Å². The van der Waals surface area contributed by atoms with Gasteiger partial charge in [-0.2, -0.15) is 0 Å². The molecule has 1 aliphatic heterocycles. The normalized spacial score (nSPS) is 17.8. The Hall–Kier alpha value is -2.27. The third-order valence-electron chi connectivity index (χ3n) is 4.26. The number of nitrogens with one attached hydrogen (secondary N) is 2. The fourth-order valence-corrected chi connectivity index (χ4v) is 3.40. The van der Waals surface area contributed by atoms with Crippen molar-refractivity contribution < 1.29 is 9.47 Å². The Kier molecular flexibility index (Phi) is 4.86. The Morgan fingerprint density at radius 3 is 2.76 bits per heavy atom. The van der Waals surface area contributed by atoms with E-state index in [1.54, 1.807) is 7.11 Å². The highest BCUT2D eigenvalue weighted by Gasteiger charge is 2.34. The minimum absolute atomic E-state index is 0.0782. The van der Waals surface area contributed by atoms with Gasteiger partial charge in [0, 0.05) is 23.7 Å². The zero-order chi connectivity index (χ0) is 18.0. The van der Waals surface area contributed by atoms with E-state index in [0.717, 1.165) is 29.2 Å². The van der Waals surface area contributed by atoms with Crippen LogP contribution in [0.15, 0.2) is 42.5 Å². The van der Waals surface area contributed by atoms with Gasteiger partial charge in [0.2, 0.25) is 0 Å². The molecule has 1 atom stereocenters. The lowest BCUT2D eigenvalue weighted by Crippen LogP contribution is -2.42. The number of methoxy groups -OCH3 is 1. The minimum Gasteiger partial charge on any atom is -0.497 e. The maximum Gasteiger partial charge on any atom is 0.171 e. The molecule has 0 unspecified atom stereocenters. The highest BCUT2D eigenvalue weighted by Crippen LogP contribution is 2.41. The summed E-state index contributed by atoms with van der Waals surface area (Å²) in [7, 11) is 1.66. The van der Waals surface area contributed by atoms with Crippen LogP contribution in [0.4, 0.5) is 5.69 Å². The first-order chi connectivity index (χ1) is 11.9. The van der Waals surface area contributed by atoms with Gasteiger partial charge in [-0.15, -0.1) is 0 Å². The number of ether oxygens (including phenoxy) is 2. The molecule has 0 fully saturated rings. The smallest absolute Gasteiger partial charge is 0.171 e. The standard InChI is InChI=1S/C20H24N2O2S/c1-13-6-5-7-14(10-13)21-19(25)22-17-12-20(2,3)24-18-11-15(23-4)8-9-16(17)18/h5-11,17H,12H2,1-4H3,(H2,21,22,25)/t17-/m0/s1. The van der Waals surface area contributed by atoms with Gasteiger partial charge in [0.1, 0.15) is 17.1 Å². The molecule has 132 valence electrons. The molecular weight excluding hydrogens is 332 g/mol. The molecule has 0 aliphatic carbocycles. The number of hydrogen-bond donors (Lipinski definition) is 2. The molecule has 0 amide bonds. The second-order valence-corrected chi connectivity index (χ2v) is 7.40. The lowest BCUT2D eigenvalue weighted by molar-refractivity contribution is 0.0693. The lowest BCUT2D eigenvalue weighted by atomic mass is 9.89. The van der Waals surface area contributed by atoms with Crippen molar-refractivity contribution in [3.63, 3.8) is 0 Å². The second kappa shape index (κ2) is 6.92. The molecule has 4 nitrogen and oxygen atoms in total. The summed E-state index contributed by atoms with van der Waals surface area (Å²) >= 11 is 5.53. The fraction of sp³-hybridized carbons (Fsp3) is 0.350. The Labute approximate surface area is 154 Å². The van der Waals surface area contributed by atoms with Crippen LogP contribution < -0.4 is 20.1 Å². The number of rotatable bonds is 3. The first kappa shape index (κ1) is 17.5. The number of fused-ring (bicyclic) bond motifs is 1. The molecule has 2 aromatic carbocycles. The van der Waals surface area contributed by atoms with Crippen LogP contribution in [-0.2, 0) is 0 Å². The number of hydrogen-bond acceptors (Lipinski definition) is 3. The van der Waals surface area contributed by atoms with Gasteiger partial charge in [-0.25, -0.2) is 0 Å². The summed E-state index contributed by atoms with van der Waals surface area (Å²) in [6.45, 7) is 6.23. The summed E-state index contributed by atoms with van der Waals surface area (Å²) in [5.74, 6) is 1.63. The summed E-state index contributed by atoms with van der Waals surface area (Å²) in [6, 6.07) is 14.2. The van der Waals surface area contributed by atoms with Crippen molar-refractivity contribution >= 4 is 23.0 Å². The quantitative estimate of drug-likeness (QED) is 0.787. The zero-order valence-corrected chi connectivity index (χ0v) is 15.9. The average Bonchev–Trinajstić information content (AvgIpc) is 2.53. The van der Waals surface area contributed by atoms with Crippen LogP contribution in [0.1, 0.15) is 37.4 Å². The van der Waals surface area contributed by atoms with Gasteiger partial charge in [0.05, 0.1) is 13.2 Å². The Balaban J connectivity index is 1.79. The van der Waals surface area contributed by atoms with Crippen LogP contribution in [0.2, 0.25) is 0 Å². The number of benzene rings is 2. The molecule has 1 aliphatic rings. The molecular formula is C20H24N2O2S. The topological polar surface area (TPSA) is 42.5 Å². The molecule has 1 heterocycles. The van der Waals surface area contributed by atoms with Crippen LogP contribution in [0.3, 0.4) is 0 Å². The zero-order valence-electron chi connectivity index (χ0n) is 15.1. The molecule has 0 saturated carbocycles. The monoisotopic (exact) mass is 356 g/mol. The first-order valence-corrected chi connectivity index (χ1v) is 8.78. The summed E-state index contributed by atoms with van der Waals surface area (Å²) in [4.78, 5) is 0. The molecule has 0 radical (unpaired) electrons. The summed E-state index contributed by atoms with van der Waals surface area (Å²) in [5, 5.41) is 7.31. The van der Waals surface area contributed by atoms with Crippen LogP contribution in [0, 0.1) is 6.92 Å². The van der Waals surface area contributed by atoms with Crippen molar-refractivity contribution in [2.75, 3.05) is 12.4 Å². The number of thiocarbonyl (C=S) groups is 1. The molecule has 2 aromatic rings. The third kappa shape index (κ3) is 4.23. The van der Waals surface area contributed by atoms with E-state index in [1.807, 2.05) is 30.3 Å². The molecule has 0 bridgehead atoms. The predicted octanol–water partition coefficient (Wildman–Crippen LogP) is 4.59. The van der Waals surface area contributed by atoms with Crippen molar-refractivity contribution in [3.05, 3.63) is 53.6 Å². The average molecular weight is 356 g/mol. The molecule has 25 heavy (non-hydrogen) atoms. The van der Waals surface area contributed by atoms with Crippen LogP contribution in [0.25, 0.3) is 0 Å². The molecule has 0 aromatic heterocycles. The van der Waals surface area contributed by atoms with E-state index in [9.17, 15) is 0 Å². The van der Waals surface area contributed by atoms with Crippen LogP contribution >= 0.6 is 12.2 Å². The summed E-state index contributed by atoms with van der Waals surface area (Å²) < 4.78 is 11.4. The van der Waals surface area contributed by atoms with Gasteiger partial charge in [0.25, 0.3) is 0 Å². The van der Waals surface area contributed by atoms with Crippen LogP contribution in [-0.4, -0.2) is 17.8 Å². The second-order valence-electron chi connectivity index (χ2n) is 6.99. The molecule has 0 spiro atoms. The minimum atomic E-state index is -0.282. The highest BCUT2D eigenvalue weighted by atomic mass is 32.1. The van der Waals surface area contributed by atoms with Crippen molar-refractivity contribution in [2.24, 2.45) is 0 Å². The van der Waals surface area contributed by atoms with E-state index in [4.69, 9.17) is 21.7 Å². The van der Waals surface area contributed by atoms with E-state index in [1.165, 1.54) is 5.56 Å². The van der Waals surface area contributed by atoms with E-state index in [-0.39, 0.29) is 11.6 Å². The Morgan fingerprint density at radius 2 is 2.04 bits per heavy atom. The van der Waals surface area contributed by atoms with Crippen molar-refractivity contribution in [2.45, 2.75) is 38.8 Å². The van der Waals surface area contributed by atoms with Crippen LogP contribution in [0.5, 0.6) is 11.5 Å². The predicted molar refractivity (Wildman–Crippen MR) is 106 cm³/mol. The first-order valence-electron chi connectivity index (χ1n) is 8.37. The van der Waals surface area contributed by atoms with Gasteiger partial charge in [-0.05, 0) is 62.8 Å². The van der Waals surface area contributed by atoms with Crippen molar-refractivity contribution in [3.8, 4) is 11.5 Å². The summed E-state index contributed by atoms with van der Waals surface area (Å²) in [5.41, 5.74) is 2.99. The van der Waals surface area contributed by atoms with Gasteiger partial charge >= 0.3 is 0 Å². The van der Waals surface area contributed by atoms with Gasteiger partial charge < -0.3 is 20.1 Å². The highest BCUT2D eigenvalue weighted by molar-refractivity contribution is 7.80. The maximum absolute atomic E-state index is 6.12. The largest absolute Gasteiger partial charge is 0.497 e. The van der Waals surface area contributed by atoms with E-state index in [0.29, 0.717) is 5.11 Å². The Bertz CT molecular complexity index is 789. The lowest BCUT2D eigenvalue weighted by Gasteiger charge is -2.38. The fourth-order valence-electron chi connectivity index (χ4n) is 3.14. The third-order valence-corrected chi connectivity index (χ3v) is 4.48. The van der Waals surface area contributed by atoms with Gasteiger partial charge in [-0.1, -0.05) is 12.1 Å². The SMILES string of the molecule is COc1ccc2c(c1)OC(C)(C)C[C@@H]2NC(=S)Nc1cccc(C)c1. The maximum atomic E-state index is 6.12. The van der Waals surface area contributed by atoms with E-state index in [2.05, 4.69) is 43.5 Å². The van der Waals surface area contributed by atoms with Gasteiger partial charge in [-0.3, -0.25) is 0 Å². The Morgan fingerprint density at radius 1 is 1.24 bits per heavy atom. The number of anilines is 1. The van der Waals surface area contributed by atoms with E-state index >= 15 is 0 Å². The molecule has 3 rings (SSSR count). The van der Waals surface area contributed by atoms with Crippen molar-refractivity contribution in [1.29, 1.82) is 0 Å². The van der Waals surface area contributed by atoms with Crippen molar-refractivity contribution in [1.82, 2.24) is 5.32 Å². The molecule has 2 N–H and O–H groups in total. The molecule has 5 heteroatoms. The summed E-state index contributed by atoms with van der Waals surface area (Å²) in [6.07, 6.45) is 0.821.